The van der Waals surface area contributed by atoms with Gasteiger partial charge in [-0.1, -0.05) is 67.3 Å². The van der Waals surface area contributed by atoms with Crippen LogP contribution in [0.4, 0.5) is 0 Å². The highest BCUT2D eigenvalue weighted by Crippen LogP contribution is 2.00. The van der Waals surface area contributed by atoms with Crippen molar-refractivity contribution in [2.45, 2.75) is 0 Å². The van der Waals surface area contributed by atoms with Crippen LogP contribution in [0.5, 0.6) is 0 Å². The van der Waals surface area contributed by atoms with Crippen LogP contribution in [0.15, 0.2) is 79.4 Å². The summed E-state index contributed by atoms with van der Waals surface area (Å²) in [5.41, 5.74) is 0.569. The lowest BCUT2D eigenvalue weighted by atomic mass is 10.2. The Morgan fingerprint density at radius 3 is 1.83 bits per heavy atom. The number of carbonyl (C=O) groups is 1. The van der Waals surface area contributed by atoms with Gasteiger partial charge in [0.25, 0.3) is 0 Å². The smallest absolute Gasteiger partial charge is 0.338 e. The summed E-state index contributed by atoms with van der Waals surface area (Å²) in [4.78, 5) is 11.1. The number of ether oxygens (including phenoxy) is 1. The summed E-state index contributed by atoms with van der Waals surface area (Å²) in [6.07, 6.45) is 1.54. The Kier molecular flexibility index (Phi) is 6.68. The van der Waals surface area contributed by atoms with E-state index in [2.05, 4.69) is 6.58 Å². The van der Waals surface area contributed by atoms with Crippen LogP contribution in [0.3, 0.4) is 0 Å². The van der Waals surface area contributed by atoms with Gasteiger partial charge in [0.05, 0.1) is 5.56 Å². The molecule has 92 valence electrons. The van der Waals surface area contributed by atoms with E-state index < -0.39 is 0 Å². The molecule has 2 heteroatoms. The highest BCUT2D eigenvalue weighted by molar-refractivity contribution is 5.89. The van der Waals surface area contributed by atoms with Crippen LogP contribution >= 0.6 is 0 Å². The van der Waals surface area contributed by atoms with Crippen molar-refractivity contribution in [3.63, 3.8) is 0 Å². The van der Waals surface area contributed by atoms with Crippen LogP contribution in [0.1, 0.15) is 10.4 Å². The first kappa shape index (κ1) is 13.7. The van der Waals surface area contributed by atoms with E-state index in [1.165, 1.54) is 0 Å². The zero-order valence-electron chi connectivity index (χ0n) is 10.2. The normalized spacial score (nSPS) is 8.67. The topological polar surface area (TPSA) is 26.3 Å². The second kappa shape index (κ2) is 8.76. The Morgan fingerprint density at radius 1 is 0.944 bits per heavy atom. The molecule has 0 saturated carbocycles. The minimum Gasteiger partial charge on any atom is -0.458 e. The van der Waals surface area contributed by atoms with Crippen LogP contribution < -0.4 is 0 Å². The molecule has 0 spiro atoms. The fraction of sp³-hybridized carbons (Fsp3) is 0.0625. The molecule has 0 aromatic heterocycles. The molecule has 0 saturated heterocycles. The van der Waals surface area contributed by atoms with Gasteiger partial charge in [-0.2, -0.15) is 0 Å². The monoisotopic (exact) mass is 240 g/mol. The van der Waals surface area contributed by atoms with Gasteiger partial charge < -0.3 is 4.74 Å². The molecule has 0 N–H and O–H groups in total. The van der Waals surface area contributed by atoms with E-state index in [1.54, 1.807) is 30.3 Å². The fourth-order valence-electron chi connectivity index (χ4n) is 1.18. The van der Waals surface area contributed by atoms with Gasteiger partial charge >= 0.3 is 5.97 Å². The lowest BCUT2D eigenvalue weighted by Crippen LogP contribution is -2.04. The Bertz CT molecular complexity index is 422. The number of hydrogen-bond donors (Lipinski definition) is 0. The van der Waals surface area contributed by atoms with E-state index >= 15 is 0 Å². The second-order valence-electron chi connectivity index (χ2n) is 3.41. The first-order valence-electron chi connectivity index (χ1n) is 5.67. The second-order valence-corrected chi connectivity index (χ2v) is 3.41. The van der Waals surface area contributed by atoms with E-state index in [9.17, 15) is 4.79 Å². The Balaban J connectivity index is 0.000000225. The van der Waals surface area contributed by atoms with E-state index in [4.69, 9.17) is 4.74 Å². The first-order chi connectivity index (χ1) is 8.84. The van der Waals surface area contributed by atoms with Gasteiger partial charge in [-0.15, -0.1) is 0 Å². The highest BCUT2D eigenvalue weighted by Gasteiger charge is 2.02. The molecule has 0 aliphatic heterocycles. The maximum Gasteiger partial charge on any atom is 0.338 e. The molecule has 0 radical (unpaired) electrons. The molecule has 0 amide bonds. The van der Waals surface area contributed by atoms with Gasteiger partial charge in [-0.05, 0) is 12.1 Å². The van der Waals surface area contributed by atoms with Gasteiger partial charge in [0.1, 0.15) is 6.61 Å². The Morgan fingerprint density at radius 2 is 1.39 bits per heavy atom. The SMILES string of the molecule is C=CCOC(=O)c1ccccc1.c1ccccc1. The number of rotatable bonds is 3. The van der Waals surface area contributed by atoms with Crippen molar-refractivity contribution in [1.29, 1.82) is 0 Å². The first-order valence-corrected chi connectivity index (χ1v) is 5.67. The molecule has 0 atom stereocenters. The zero-order valence-corrected chi connectivity index (χ0v) is 10.2. The fourth-order valence-corrected chi connectivity index (χ4v) is 1.18. The van der Waals surface area contributed by atoms with E-state index in [1.807, 2.05) is 42.5 Å². The van der Waals surface area contributed by atoms with Crippen LogP contribution in [-0.2, 0) is 4.74 Å². The Labute approximate surface area is 108 Å². The summed E-state index contributed by atoms with van der Waals surface area (Å²) < 4.78 is 4.82. The average molecular weight is 240 g/mol. The number of benzene rings is 2. The van der Waals surface area contributed by atoms with Crippen LogP contribution in [-0.4, -0.2) is 12.6 Å². The van der Waals surface area contributed by atoms with Gasteiger partial charge in [-0.25, -0.2) is 4.79 Å². The summed E-state index contributed by atoms with van der Waals surface area (Å²) in [7, 11) is 0. The number of carbonyl (C=O) groups excluding carboxylic acids is 1. The molecule has 18 heavy (non-hydrogen) atoms. The maximum absolute atomic E-state index is 11.1. The number of esters is 1. The maximum atomic E-state index is 11.1. The highest BCUT2D eigenvalue weighted by atomic mass is 16.5. The lowest BCUT2D eigenvalue weighted by Gasteiger charge is -1.99. The molecule has 0 fully saturated rings. The predicted octanol–water partition coefficient (Wildman–Crippen LogP) is 3.72. The van der Waals surface area contributed by atoms with Gasteiger partial charge in [0, 0.05) is 0 Å². The van der Waals surface area contributed by atoms with E-state index in [0.29, 0.717) is 5.56 Å². The Hall–Kier alpha value is -2.35. The van der Waals surface area contributed by atoms with Crippen LogP contribution in [0, 0.1) is 0 Å². The molecular formula is C16H16O2. The third kappa shape index (κ3) is 5.66. The quantitative estimate of drug-likeness (QED) is 0.603. The van der Waals surface area contributed by atoms with Crippen molar-refractivity contribution in [3.8, 4) is 0 Å². The third-order valence-corrected chi connectivity index (χ3v) is 2.01. The average Bonchev–Trinajstić information content (AvgIpc) is 2.48. The minimum atomic E-state index is -0.310. The molecule has 2 nitrogen and oxygen atoms in total. The number of hydrogen-bond acceptors (Lipinski definition) is 2. The lowest BCUT2D eigenvalue weighted by molar-refractivity contribution is 0.0550. The van der Waals surface area contributed by atoms with Crippen molar-refractivity contribution in [2.75, 3.05) is 6.61 Å². The van der Waals surface area contributed by atoms with Crippen molar-refractivity contribution < 1.29 is 9.53 Å². The predicted molar refractivity (Wildman–Crippen MR) is 73.4 cm³/mol. The molecule has 2 rings (SSSR count). The zero-order chi connectivity index (χ0) is 13.1. The molecule has 0 heterocycles. The molecule has 2 aromatic rings. The van der Waals surface area contributed by atoms with Crippen molar-refractivity contribution in [2.24, 2.45) is 0 Å². The van der Waals surface area contributed by atoms with Crippen LogP contribution in [0.25, 0.3) is 0 Å². The summed E-state index contributed by atoms with van der Waals surface area (Å²) in [6, 6.07) is 20.9. The van der Waals surface area contributed by atoms with Crippen molar-refractivity contribution in [3.05, 3.63) is 84.9 Å². The van der Waals surface area contributed by atoms with Crippen molar-refractivity contribution in [1.82, 2.24) is 0 Å². The van der Waals surface area contributed by atoms with E-state index in [0.717, 1.165) is 0 Å². The molecule has 2 aromatic carbocycles. The molecule has 0 aliphatic rings. The van der Waals surface area contributed by atoms with Gasteiger partial charge in [0.15, 0.2) is 0 Å². The molecular weight excluding hydrogens is 224 g/mol. The van der Waals surface area contributed by atoms with Crippen molar-refractivity contribution >= 4 is 5.97 Å². The summed E-state index contributed by atoms with van der Waals surface area (Å²) >= 11 is 0. The minimum absolute atomic E-state index is 0.258. The van der Waals surface area contributed by atoms with E-state index in [-0.39, 0.29) is 12.6 Å². The summed E-state index contributed by atoms with van der Waals surface area (Å²) in [5, 5.41) is 0. The third-order valence-electron chi connectivity index (χ3n) is 2.01. The largest absolute Gasteiger partial charge is 0.458 e. The summed E-state index contributed by atoms with van der Waals surface area (Å²) in [5.74, 6) is -0.310. The molecule has 0 bridgehead atoms. The van der Waals surface area contributed by atoms with Gasteiger partial charge in [0.2, 0.25) is 0 Å². The molecule has 0 unspecified atom stereocenters. The summed E-state index contributed by atoms with van der Waals surface area (Å²) in [6.45, 7) is 3.71. The van der Waals surface area contributed by atoms with Gasteiger partial charge in [-0.3, -0.25) is 0 Å². The molecule has 0 aliphatic carbocycles. The van der Waals surface area contributed by atoms with Crippen LogP contribution in [0.2, 0.25) is 0 Å². The standard InChI is InChI=1S/C10H10O2.C6H6/c1-2-8-12-10(11)9-6-4-3-5-7-9;1-2-4-6-5-3-1/h2-7H,1,8H2;1-6H.